The Labute approximate surface area is 213 Å². The molecular formula is C23H24F4N6O5. The number of carbonyl (C=O) groups excluding carboxylic acids is 2. The lowest BCUT2D eigenvalue weighted by atomic mass is 10.1. The number of carbonyl (C=O) groups is 2. The molecule has 3 heterocycles. The molecule has 1 N–H and O–H groups in total. The molecule has 0 saturated carbocycles. The molecule has 1 fully saturated rings. The van der Waals surface area contributed by atoms with Crippen molar-refractivity contribution in [2.75, 3.05) is 6.54 Å². The average molecular weight is 540 g/mol. The Kier molecular flexibility index (Phi) is 7.29. The Hall–Kier alpha value is -4.17. The fourth-order valence-electron chi connectivity index (χ4n) is 3.90. The first-order valence-corrected chi connectivity index (χ1v) is 11.4. The maximum Gasteiger partial charge on any atom is 0.573 e. The largest absolute Gasteiger partial charge is 0.573 e. The van der Waals surface area contributed by atoms with E-state index in [-0.39, 0.29) is 29.8 Å². The monoisotopic (exact) mass is 540 g/mol. The molecule has 0 unspecified atom stereocenters. The molecule has 4 rings (SSSR count). The fraction of sp³-hybridized carbons (Fsp3) is 0.435. The highest BCUT2D eigenvalue weighted by Crippen LogP contribution is 2.31. The summed E-state index contributed by atoms with van der Waals surface area (Å²) in [6.45, 7) is 5.69. The summed E-state index contributed by atoms with van der Waals surface area (Å²) < 4.78 is 67.5. The molecule has 1 aromatic carbocycles. The third-order valence-corrected chi connectivity index (χ3v) is 5.39. The van der Waals surface area contributed by atoms with E-state index >= 15 is 0 Å². The Balaban J connectivity index is 1.46. The number of hydrogen-bond donors (Lipinski definition) is 1. The maximum atomic E-state index is 13.7. The van der Waals surface area contributed by atoms with Crippen molar-refractivity contribution in [3.8, 4) is 17.1 Å². The molecule has 2 atom stereocenters. The number of oxazole rings is 1. The van der Waals surface area contributed by atoms with Gasteiger partial charge in [0.2, 0.25) is 0 Å². The standard InChI is InChI=1S/C23H24F4N6O5/c1-22(2,3)38-21(35)33-11-14(9-15(33)12-32-7-6-29-31-32)30-19(34)20-28-10-18(36-20)13-4-5-16(24)17(8-13)37-23(25,26)27/h4-8,10,14-15H,9,11-12H2,1-3H3,(H,30,34)/t14-,15+/m1/s1. The number of hydrogen-bond acceptors (Lipinski definition) is 8. The van der Waals surface area contributed by atoms with Crippen LogP contribution in [0.1, 0.15) is 37.9 Å². The molecule has 1 aliphatic heterocycles. The maximum absolute atomic E-state index is 13.7. The Morgan fingerprint density at radius 1 is 1.24 bits per heavy atom. The van der Waals surface area contributed by atoms with Crippen molar-refractivity contribution in [1.29, 1.82) is 0 Å². The number of nitrogens with one attached hydrogen (secondary N) is 1. The third kappa shape index (κ3) is 6.77. The van der Waals surface area contributed by atoms with Gasteiger partial charge in [0, 0.05) is 24.3 Å². The van der Waals surface area contributed by atoms with E-state index in [9.17, 15) is 27.2 Å². The molecule has 0 spiro atoms. The van der Waals surface area contributed by atoms with Gasteiger partial charge in [0.1, 0.15) is 5.60 Å². The summed E-state index contributed by atoms with van der Waals surface area (Å²) in [7, 11) is 0. The van der Waals surface area contributed by atoms with E-state index < -0.39 is 41.6 Å². The quantitative estimate of drug-likeness (QED) is 0.469. The van der Waals surface area contributed by atoms with E-state index in [1.807, 2.05) is 0 Å². The first kappa shape index (κ1) is 26.9. The van der Waals surface area contributed by atoms with Gasteiger partial charge in [-0.25, -0.2) is 14.2 Å². The van der Waals surface area contributed by atoms with E-state index in [2.05, 4.69) is 25.3 Å². The van der Waals surface area contributed by atoms with Crippen LogP contribution in [0.25, 0.3) is 11.3 Å². The van der Waals surface area contributed by atoms with E-state index in [1.165, 1.54) is 11.1 Å². The van der Waals surface area contributed by atoms with Crippen molar-refractivity contribution < 1.29 is 41.0 Å². The number of amides is 2. The predicted molar refractivity (Wildman–Crippen MR) is 121 cm³/mol. The number of ether oxygens (including phenoxy) is 2. The fourth-order valence-corrected chi connectivity index (χ4v) is 3.90. The van der Waals surface area contributed by atoms with Gasteiger partial charge in [-0.15, -0.1) is 18.3 Å². The van der Waals surface area contributed by atoms with Crippen molar-refractivity contribution in [1.82, 2.24) is 30.2 Å². The zero-order chi connectivity index (χ0) is 27.7. The average Bonchev–Trinajstić information content (AvgIpc) is 3.55. The zero-order valence-electron chi connectivity index (χ0n) is 20.5. The number of halogens is 4. The molecule has 0 aliphatic carbocycles. The number of nitrogens with zero attached hydrogens (tertiary/aromatic N) is 5. The summed E-state index contributed by atoms with van der Waals surface area (Å²) in [6.07, 6.45) is -0.999. The lowest BCUT2D eigenvalue weighted by Gasteiger charge is -2.28. The molecule has 15 heteroatoms. The molecule has 11 nitrogen and oxygen atoms in total. The Morgan fingerprint density at radius 3 is 2.66 bits per heavy atom. The number of alkyl halides is 3. The van der Waals surface area contributed by atoms with Gasteiger partial charge >= 0.3 is 18.4 Å². The van der Waals surface area contributed by atoms with E-state index in [1.54, 1.807) is 31.6 Å². The van der Waals surface area contributed by atoms with Crippen LogP contribution in [0.15, 0.2) is 41.2 Å². The summed E-state index contributed by atoms with van der Waals surface area (Å²) in [6, 6.07) is 1.87. The van der Waals surface area contributed by atoms with Crippen molar-refractivity contribution in [3.05, 3.63) is 48.5 Å². The summed E-state index contributed by atoms with van der Waals surface area (Å²) in [4.78, 5) is 31.0. The molecule has 1 saturated heterocycles. The van der Waals surface area contributed by atoms with Crippen LogP contribution in [0.2, 0.25) is 0 Å². The SMILES string of the molecule is CC(C)(C)OC(=O)N1C[C@H](NC(=O)c2ncc(-c3ccc(F)c(OC(F)(F)F)c3)o2)C[C@H]1Cn1ccnn1. The van der Waals surface area contributed by atoms with E-state index in [4.69, 9.17) is 9.15 Å². The number of aromatic nitrogens is 4. The first-order chi connectivity index (χ1) is 17.8. The van der Waals surface area contributed by atoms with E-state index in [0.717, 1.165) is 24.4 Å². The first-order valence-electron chi connectivity index (χ1n) is 11.4. The third-order valence-electron chi connectivity index (χ3n) is 5.39. The lowest BCUT2D eigenvalue weighted by molar-refractivity contribution is -0.275. The summed E-state index contributed by atoms with van der Waals surface area (Å²) in [5.74, 6) is -3.43. The van der Waals surface area contributed by atoms with E-state index in [0.29, 0.717) is 13.0 Å². The van der Waals surface area contributed by atoms with Crippen LogP contribution in [0.5, 0.6) is 5.75 Å². The molecule has 2 aromatic heterocycles. The number of benzene rings is 1. The number of rotatable bonds is 6. The minimum Gasteiger partial charge on any atom is -0.444 e. The van der Waals surface area contributed by atoms with Crippen molar-refractivity contribution in [3.63, 3.8) is 0 Å². The summed E-state index contributed by atoms with van der Waals surface area (Å²) in [5.41, 5.74) is -0.710. The van der Waals surface area contributed by atoms with Gasteiger partial charge in [0.25, 0.3) is 5.89 Å². The predicted octanol–water partition coefficient (Wildman–Crippen LogP) is 3.78. The van der Waals surface area contributed by atoms with Crippen molar-refractivity contribution >= 4 is 12.0 Å². The van der Waals surface area contributed by atoms with Crippen LogP contribution >= 0.6 is 0 Å². The second kappa shape index (κ2) is 10.3. The highest BCUT2D eigenvalue weighted by Gasteiger charge is 2.39. The van der Waals surface area contributed by atoms with Crippen LogP contribution in [-0.4, -0.2) is 67.5 Å². The minimum atomic E-state index is -5.09. The molecule has 0 bridgehead atoms. The van der Waals surface area contributed by atoms with Gasteiger partial charge in [-0.3, -0.25) is 9.48 Å². The normalized spacial score (nSPS) is 17.9. The van der Waals surface area contributed by atoms with Gasteiger partial charge in [-0.1, -0.05) is 5.21 Å². The second-order valence-corrected chi connectivity index (χ2v) is 9.54. The van der Waals surface area contributed by atoms with Crippen LogP contribution < -0.4 is 10.1 Å². The highest BCUT2D eigenvalue weighted by atomic mass is 19.4. The second-order valence-electron chi connectivity index (χ2n) is 9.54. The molecule has 2 amide bonds. The smallest absolute Gasteiger partial charge is 0.444 e. The van der Waals surface area contributed by atoms with Crippen LogP contribution in [0, 0.1) is 5.82 Å². The van der Waals surface area contributed by atoms with Gasteiger partial charge in [0.15, 0.2) is 17.3 Å². The van der Waals surface area contributed by atoms with Crippen LogP contribution in [-0.2, 0) is 11.3 Å². The molecule has 204 valence electrons. The van der Waals surface area contributed by atoms with Gasteiger partial charge in [0.05, 0.1) is 25.0 Å². The molecule has 1 aliphatic rings. The van der Waals surface area contributed by atoms with Gasteiger partial charge in [-0.05, 0) is 45.4 Å². The molecule has 38 heavy (non-hydrogen) atoms. The Morgan fingerprint density at radius 2 is 2.00 bits per heavy atom. The molecular weight excluding hydrogens is 516 g/mol. The van der Waals surface area contributed by atoms with Crippen LogP contribution in [0.4, 0.5) is 22.4 Å². The van der Waals surface area contributed by atoms with Gasteiger partial charge < -0.3 is 24.1 Å². The van der Waals surface area contributed by atoms with Crippen molar-refractivity contribution in [2.45, 2.75) is 57.8 Å². The van der Waals surface area contributed by atoms with Crippen LogP contribution in [0.3, 0.4) is 0 Å². The number of likely N-dealkylation sites (tertiary alicyclic amines) is 1. The van der Waals surface area contributed by atoms with Crippen molar-refractivity contribution in [2.24, 2.45) is 0 Å². The highest BCUT2D eigenvalue weighted by molar-refractivity contribution is 5.90. The summed E-state index contributed by atoms with van der Waals surface area (Å²) >= 11 is 0. The summed E-state index contributed by atoms with van der Waals surface area (Å²) in [5, 5.41) is 10.4. The van der Waals surface area contributed by atoms with Gasteiger partial charge in [-0.2, -0.15) is 0 Å². The Bertz CT molecular complexity index is 1290. The topological polar surface area (TPSA) is 125 Å². The lowest BCUT2D eigenvalue weighted by Crippen LogP contribution is -2.43. The molecule has 3 aromatic rings. The zero-order valence-corrected chi connectivity index (χ0v) is 20.5. The molecule has 0 radical (unpaired) electrons. The minimum absolute atomic E-state index is 0.0158.